The fourth-order valence-electron chi connectivity index (χ4n) is 6.35. The molecule has 2 saturated heterocycles. The molecular weight excluding hydrogens is 486 g/mol. The Morgan fingerprint density at radius 2 is 1.81 bits per heavy atom. The third-order valence-corrected chi connectivity index (χ3v) is 8.79. The van der Waals surface area contributed by atoms with Crippen LogP contribution in [0.1, 0.15) is 70.8 Å². The maximum Gasteiger partial charge on any atom is 0.228 e. The summed E-state index contributed by atoms with van der Waals surface area (Å²) < 4.78 is 0. The van der Waals surface area contributed by atoms with Crippen LogP contribution in [0.25, 0.3) is 0 Å². The zero-order valence-electron chi connectivity index (χ0n) is 22.7. The van der Waals surface area contributed by atoms with Crippen LogP contribution in [0.3, 0.4) is 0 Å². The summed E-state index contributed by atoms with van der Waals surface area (Å²) in [5.74, 6) is 1.57. The van der Waals surface area contributed by atoms with Crippen LogP contribution in [-0.2, 0) is 9.59 Å². The third-order valence-electron chi connectivity index (χ3n) is 8.54. The summed E-state index contributed by atoms with van der Waals surface area (Å²) in [7, 11) is 0. The lowest BCUT2D eigenvalue weighted by Crippen LogP contribution is -2.45. The molecule has 4 rings (SSSR count). The van der Waals surface area contributed by atoms with Crippen molar-refractivity contribution in [2.75, 3.05) is 39.3 Å². The Kier molecular flexibility index (Phi) is 9.74. The van der Waals surface area contributed by atoms with Gasteiger partial charge >= 0.3 is 0 Å². The lowest BCUT2D eigenvalue weighted by Gasteiger charge is -2.37. The fourth-order valence-corrected chi connectivity index (χ4v) is 6.47. The average molecular weight is 530 g/mol. The second kappa shape index (κ2) is 13.0. The second-order valence-electron chi connectivity index (χ2n) is 11.2. The SMILES string of the molecule is CCN/N=C\N1C[C@@H](C(=O)N2CC[C@H](CN(C(=O)CC)C3CCC(C)CC3)C2)[C@H](c2ccc(Cl)cc2)C1. The van der Waals surface area contributed by atoms with Crippen molar-refractivity contribution in [2.24, 2.45) is 22.9 Å². The number of rotatable bonds is 9. The first-order valence-electron chi connectivity index (χ1n) is 14.2. The van der Waals surface area contributed by atoms with Gasteiger partial charge in [0.05, 0.1) is 5.92 Å². The molecule has 1 N–H and O–H groups in total. The molecule has 8 heteroatoms. The molecule has 37 heavy (non-hydrogen) atoms. The van der Waals surface area contributed by atoms with Gasteiger partial charge in [0.15, 0.2) is 0 Å². The van der Waals surface area contributed by atoms with E-state index in [1.54, 1.807) is 0 Å². The molecular formula is C29H44ClN5O2. The molecule has 3 atom stereocenters. The minimum absolute atomic E-state index is 0.0966. The standard InChI is InChI=1S/C29H44ClN5O2/c1-4-28(36)35(25-12-6-21(3)7-13-25)17-22-14-15-34(16-22)29(37)27-19-33(20-32-31-5-2)18-26(27)23-8-10-24(30)11-9-23/h8-11,20-22,25-27,31H,4-7,12-19H2,1-3H3/b32-20-/t21?,22-,25?,26-,27+/m0/s1. The van der Waals surface area contributed by atoms with Gasteiger partial charge < -0.3 is 20.1 Å². The van der Waals surface area contributed by atoms with Gasteiger partial charge in [0.2, 0.25) is 11.8 Å². The Labute approximate surface area is 227 Å². The number of amides is 2. The van der Waals surface area contributed by atoms with E-state index in [2.05, 4.69) is 32.2 Å². The quantitative estimate of drug-likeness (QED) is 0.289. The normalized spacial score (nSPS) is 28.2. The van der Waals surface area contributed by atoms with E-state index in [4.69, 9.17) is 11.6 Å². The van der Waals surface area contributed by atoms with Gasteiger partial charge in [0.25, 0.3) is 0 Å². The molecule has 7 nitrogen and oxygen atoms in total. The molecule has 204 valence electrons. The topological polar surface area (TPSA) is 68.2 Å². The van der Waals surface area contributed by atoms with E-state index < -0.39 is 0 Å². The molecule has 0 radical (unpaired) electrons. The number of likely N-dealkylation sites (tertiary alicyclic amines) is 2. The van der Waals surface area contributed by atoms with Crippen LogP contribution in [0.15, 0.2) is 29.4 Å². The first-order chi connectivity index (χ1) is 17.9. The van der Waals surface area contributed by atoms with E-state index in [1.165, 1.54) is 12.8 Å². The van der Waals surface area contributed by atoms with Gasteiger partial charge in [-0.25, -0.2) is 0 Å². The number of carbonyl (C=O) groups is 2. The lowest BCUT2D eigenvalue weighted by atomic mass is 9.86. The van der Waals surface area contributed by atoms with Crippen LogP contribution >= 0.6 is 11.6 Å². The zero-order valence-corrected chi connectivity index (χ0v) is 23.5. The second-order valence-corrected chi connectivity index (χ2v) is 11.7. The molecule has 3 fully saturated rings. The predicted molar refractivity (Wildman–Crippen MR) is 150 cm³/mol. The third kappa shape index (κ3) is 6.98. The molecule has 1 aromatic rings. The van der Waals surface area contributed by atoms with E-state index in [1.807, 2.05) is 44.5 Å². The number of hydrogen-bond acceptors (Lipinski definition) is 4. The smallest absolute Gasteiger partial charge is 0.228 e. The van der Waals surface area contributed by atoms with Crippen LogP contribution in [0.4, 0.5) is 0 Å². The van der Waals surface area contributed by atoms with E-state index in [0.717, 1.165) is 63.5 Å². The maximum atomic E-state index is 13.9. The van der Waals surface area contributed by atoms with Gasteiger partial charge in [-0.2, -0.15) is 5.10 Å². The highest BCUT2D eigenvalue weighted by atomic mass is 35.5. The van der Waals surface area contributed by atoms with Crippen molar-refractivity contribution in [2.45, 2.75) is 71.3 Å². The molecule has 0 unspecified atom stereocenters. The van der Waals surface area contributed by atoms with E-state index in [0.29, 0.717) is 29.9 Å². The van der Waals surface area contributed by atoms with Gasteiger partial charge in [-0.05, 0) is 68.6 Å². The Bertz CT molecular complexity index is 931. The van der Waals surface area contributed by atoms with Crippen molar-refractivity contribution in [3.8, 4) is 0 Å². The highest BCUT2D eigenvalue weighted by Gasteiger charge is 2.42. The Hall–Kier alpha value is -2.28. The van der Waals surface area contributed by atoms with Crippen molar-refractivity contribution in [3.63, 3.8) is 0 Å². The lowest BCUT2D eigenvalue weighted by molar-refractivity contribution is -0.135. The van der Waals surface area contributed by atoms with Crippen molar-refractivity contribution in [1.82, 2.24) is 20.1 Å². The molecule has 2 amide bonds. The van der Waals surface area contributed by atoms with Crippen LogP contribution in [0.2, 0.25) is 5.02 Å². The van der Waals surface area contributed by atoms with Crippen LogP contribution in [0, 0.1) is 17.8 Å². The summed E-state index contributed by atoms with van der Waals surface area (Å²) in [6.07, 6.45) is 7.97. The fraction of sp³-hybridized carbons (Fsp3) is 0.690. The van der Waals surface area contributed by atoms with Gasteiger partial charge in [0, 0.05) is 62.7 Å². The molecule has 0 spiro atoms. The zero-order chi connectivity index (χ0) is 26.4. The molecule has 0 aromatic heterocycles. The van der Waals surface area contributed by atoms with Gasteiger partial charge in [0.1, 0.15) is 6.34 Å². The van der Waals surface area contributed by atoms with Gasteiger partial charge in [-0.15, -0.1) is 0 Å². The van der Waals surface area contributed by atoms with Crippen molar-refractivity contribution in [1.29, 1.82) is 0 Å². The summed E-state index contributed by atoms with van der Waals surface area (Å²) in [6.45, 7) is 10.8. The Morgan fingerprint density at radius 3 is 2.49 bits per heavy atom. The van der Waals surface area contributed by atoms with Crippen molar-refractivity contribution in [3.05, 3.63) is 34.9 Å². The summed E-state index contributed by atoms with van der Waals surface area (Å²) in [5.41, 5.74) is 4.13. The molecule has 2 aliphatic heterocycles. The number of nitrogens with one attached hydrogen (secondary N) is 1. The summed E-state index contributed by atoms with van der Waals surface area (Å²) in [5, 5.41) is 5.00. The van der Waals surface area contributed by atoms with Crippen LogP contribution in [-0.4, -0.2) is 78.2 Å². The van der Waals surface area contributed by atoms with Gasteiger partial charge in [-0.3, -0.25) is 9.59 Å². The molecule has 1 aliphatic carbocycles. The first-order valence-corrected chi connectivity index (χ1v) is 14.6. The number of nitrogens with zero attached hydrogens (tertiary/aromatic N) is 4. The van der Waals surface area contributed by atoms with Crippen molar-refractivity contribution < 1.29 is 9.59 Å². The average Bonchev–Trinajstić information content (AvgIpc) is 3.55. The molecule has 1 aromatic carbocycles. The number of hydrazone groups is 1. The monoisotopic (exact) mass is 529 g/mol. The van der Waals surface area contributed by atoms with E-state index >= 15 is 0 Å². The minimum atomic E-state index is -0.124. The van der Waals surface area contributed by atoms with Crippen LogP contribution in [0.5, 0.6) is 0 Å². The molecule has 0 bridgehead atoms. The number of halogens is 1. The molecule has 2 heterocycles. The first kappa shape index (κ1) is 27.7. The Morgan fingerprint density at radius 1 is 1.08 bits per heavy atom. The highest BCUT2D eigenvalue weighted by Crippen LogP contribution is 2.36. The summed E-state index contributed by atoms with van der Waals surface area (Å²) >= 11 is 6.14. The van der Waals surface area contributed by atoms with E-state index in [9.17, 15) is 9.59 Å². The van der Waals surface area contributed by atoms with E-state index in [-0.39, 0.29) is 23.7 Å². The largest absolute Gasteiger partial charge is 0.360 e. The number of carbonyl (C=O) groups excluding carboxylic acids is 2. The summed E-state index contributed by atoms with van der Waals surface area (Å²) in [6, 6.07) is 8.27. The van der Waals surface area contributed by atoms with Crippen LogP contribution < -0.4 is 5.43 Å². The maximum absolute atomic E-state index is 13.9. The predicted octanol–water partition coefficient (Wildman–Crippen LogP) is 4.57. The number of hydrogen-bond donors (Lipinski definition) is 1. The summed E-state index contributed by atoms with van der Waals surface area (Å²) in [4.78, 5) is 33.1. The molecule has 1 saturated carbocycles. The Balaban J connectivity index is 1.42. The number of benzene rings is 1. The highest BCUT2D eigenvalue weighted by molar-refractivity contribution is 6.30. The van der Waals surface area contributed by atoms with Gasteiger partial charge in [-0.1, -0.05) is 37.6 Å². The van der Waals surface area contributed by atoms with Crippen molar-refractivity contribution >= 4 is 29.8 Å². The molecule has 3 aliphatic rings. The minimum Gasteiger partial charge on any atom is -0.360 e.